The van der Waals surface area contributed by atoms with Crippen molar-refractivity contribution < 1.29 is 4.74 Å². The summed E-state index contributed by atoms with van der Waals surface area (Å²) in [6, 6.07) is 0.727. The number of ether oxygens (including phenoxy) is 1. The molecule has 1 saturated carbocycles. The van der Waals surface area contributed by atoms with Gasteiger partial charge in [-0.3, -0.25) is 4.90 Å². The van der Waals surface area contributed by atoms with Crippen molar-refractivity contribution in [1.29, 1.82) is 0 Å². The van der Waals surface area contributed by atoms with Crippen LogP contribution in [0.3, 0.4) is 0 Å². The summed E-state index contributed by atoms with van der Waals surface area (Å²) in [6.45, 7) is 6.05. The van der Waals surface area contributed by atoms with Crippen LogP contribution < -0.4 is 5.73 Å². The van der Waals surface area contributed by atoms with Gasteiger partial charge in [0.05, 0.1) is 6.61 Å². The average Bonchev–Trinajstić information content (AvgIpc) is 2.10. The first-order valence-electron chi connectivity index (χ1n) is 5.26. The minimum Gasteiger partial charge on any atom is -0.383 e. The van der Waals surface area contributed by atoms with Crippen molar-refractivity contribution >= 4 is 0 Å². The van der Waals surface area contributed by atoms with Crippen molar-refractivity contribution in [3.8, 4) is 0 Å². The van der Waals surface area contributed by atoms with Crippen LogP contribution in [0.25, 0.3) is 0 Å². The minimum absolute atomic E-state index is 0.727. The highest BCUT2D eigenvalue weighted by molar-refractivity contribution is 4.88. The molecule has 0 aromatic heterocycles. The standard InChI is InChI=1S/C10H22N2O/c1-3-12(6-7-13-2)10-5-4-9(10)8-11/h9-10H,3-8,11H2,1-2H3. The van der Waals surface area contributed by atoms with Crippen LogP contribution in [-0.2, 0) is 4.74 Å². The number of rotatable bonds is 6. The molecule has 78 valence electrons. The maximum atomic E-state index is 5.69. The van der Waals surface area contributed by atoms with Crippen molar-refractivity contribution in [3.63, 3.8) is 0 Å². The molecule has 0 radical (unpaired) electrons. The summed E-state index contributed by atoms with van der Waals surface area (Å²) in [6.07, 6.45) is 2.63. The Morgan fingerprint density at radius 2 is 2.23 bits per heavy atom. The van der Waals surface area contributed by atoms with Crippen molar-refractivity contribution in [2.24, 2.45) is 11.7 Å². The summed E-state index contributed by atoms with van der Waals surface area (Å²) in [5.74, 6) is 0.733. The molecule has 1 aliphatic carbocycles. The third-order valence-electron chi connectivity index (χ3n) is 3.14. The summed E-state index contributed by atoms with van der Waals surface area (Å²) in [7, 11) is 1.76. The first-order chi connectivity index (χ1) is 6.33. The number of hydrogen-bond donors (Lipinski definition) is 1. The maximum absolute atomic E-state index is 5.69. The molecule has 0 spiro atoms. The quantitative estimate of drug-likeness (QED) is 0.663. The number of likely N-dealkylation sites (N-methyl/N-ethyl adjacent to an activating group) is 1. The molecule has 1 fully saturated rings. The predicted molar refractivity (Wildman–Crippen MR) is 54.7 cm³/mol. The van der Waals surface area contributed by atoms with E-state index in [2.05, 4.69) is 11.8 Å². The lowest BCUT2D eigenvalue weighted by Crippen LogP contribution is -2.50. The predicted octanol–water partition coefficient (Wildman–Crippen LogP) is 0.692. The van der Waals surface area contributed by atoms with Gasteiger partial charge in [-0.25, -0.2) is 0 Å². The number of nitrogens with two attached hydrogens (primary N) is 1. The Balaban J connectivity index is 2.28. The van der Waals surface area contributed by atoms with Crippen LogP contribution in [0.2, 0.25) is 0 Å². The Morgan fingerprint density at radius 1 is 1.46 bits per heavy atom. The van der Waals surface area contributed by atoms with Gasteiger partial charge in [-0.2, -0.15) is 0 Å². The smallest absolute Gasteiger partial charge is 0.0589 e. The van der Waals surface area contributed by atoms with Gasteiger partial charge in [0.2, 0.25) is 0 Å². The van der Waals surface area contributed by atoms with Crippen molar-refractivity contribution in [1.82, 2.24) is 4.90 Å². The molecule has 1 rings (SSSR count). The van der Waals surface area contributed by atoms with Crippen LogP contribution in [0.4, 0.5) is 0 Å². The Hall–Kier alpha value is -0.120. The van der Waals surface area contributed by atoms with Crippen molar-refractivity contribution in [2.45, 2.75) is 25.8 Å². The molecule has 13 heavy (non-hydrogen) atoms. The molecule has 0 aromatic carbocycles. The third-order valence-corrected chi connectivity index (χ3v) is 3.14. The molecule has 3 heteroatoms. The molecule has 1 aliphatic rings. The second-order valence-corrected chi connectivity index (χ2v) is 3.76. The van der Waals surface area contributed by atoms with E-state index in [0.29, 0.717) is 0 Å². The minimum atomic E-state index is 0.727. The first-order valence-corrected chi connectivity index (χ1v) is 5.26. The van der Waals surface area contributed by atoms with Gasteiger partial charge in [0, 0.05) is 19.7 Å². The second-order valence-electron chi connectivity index (χ2n) is 3.76. The summed E-state index contributed by atoms with van der Waals surface area (Å²) in [5.41, 5.74) is 5.69. The SMILES string of the molecule is CCN(CCOC)C1CCC1CN. The number of nitrogens with zero attached hydrogens (tertiary/aromatic N) is 1. The average molecular weight is 186 g/mol. The summed E-state index contributed by atoms with van der Waals surface area (Å²) in [5, 5.41) is 0. The lowest BCUT2D eigenvalue weighted by molar-refractivity contribution is 0.0475. The zero-order valence-corrected chi connectivity index (χ0v) is 8.83. The third kappa shape index (κ3) is 2.66. The van der Waals surface area contributed by atoms with Crippen LogP contribution in [-0.4, -0.2) is 44.3 Å². The van der Waals surface area contributed by atoms with E-state index in [4.69, 9.17) is 10.5 Å². The molecule has 0 saturated heterocycles. The zero-order chi connectivity index (χ0) is 9.68. The Labute approximate surface area is 81.2 Å². The normalized spacial score (nSPS) is 27.7. The van der Waals surface area contributed by atoms with Crippen molar-refractivity contribution in [2.75, 3.05) is 33.4 Å². The van der Waals surface area contributed by atoms with Gasteiger partial charge >= 0.3 is 0 Å². The summed E-state index contributed by atoms with van der Waals surface area (Å²) < 4.78 is 5.09. The van der Waals surface area contributed by atoms with Crippen LogP contribution >= 0.6 is 0 Å². The highest BCUT2D eigenvalue weighted by Gasteiger charge is 2.33. The number of hydrogen-bond acceptors (Lipinski definition) is 3. The maximum Gasteiger partial charge on any atom is 0.0589 e. The van der Waals surface area contributed by atoms with Crippen LogP contribution in [0.1, 0.15) is 19.8 Å². The van der Waals surface area contributed by atoms with Gasteiger partial charge in [0.15, 0.2) is 0 Å². The Bertz CT molecular complexity index is 139. The van der Waals surface area contributed by atoms with E-state index in [1.807, 2.05) is 0 Å². The van der Waals surface area contributed by atoms with Gasteiger partial charge in [-0.1, -0.05) is 6.92 Å². The van der Waals surface area contributed by atoms with E-state index in [0.717, 1.165) is 38.2 Å². The van der Waals surface area contributed by atoms with Gasteiger partial charge in [0.1, 0.15) is 0 Å². The molecule has 0 heterocycles. The molecule has 2 unspecified atom stereocenters. The molecule has 0 aromatic rings. The second kappa shape index (κ2) is 5.58. The molecule has 3 nitrogen and oxygen atoms in total. The van der Waals surface area contributed by atoms with Gasteiger partial charge < -0.3 is 10.5 Å². The molecule has 2 N–H and O–H groups in total. The fourth-order valence-electron chi connectivity index (χ4n) is 2.07. The largest absolute Gasteiger partial charge is 0.383 e. The van der Waals surface area contributed by atoms with Gasteiger partial charge in [-0.05, 0) is 31.8 Å². The van der Waals surface area contributed by atoms with E-state index in [1.165, 1.54) is 12.8 Å². The monoisotopic (exact) mass is 186 g/mol. The van der Waals surface area contributed by atoms with E-state index < -0.39 is 0 Å². The summed E-state index contributed by atoms with van der Waals surface area (Å²) in [4.78, 5) is 2.49. The Morgan fingerprint density at radius 3 is 2.62 bits per heavy atom. The van der Waals surface area contributed by atoms with E-state index in [1.54, 1.807) is 7.11 Å². The molecular weight excluding hydrogens is 164 g/mol. The van der Waals surface area contributed by atoms with Crippen LogP contribution in [0.5, 0.6) is 0 Å². The highest BCUT2D eigenvalue weighted by Crippen LogP contribution is 2.30. The highest BCUT2D eigenvalue weighted by atomic mass is 16.5. The van der Waals surface area contributed by atoms with E-state index in [9.17, 15) is 0 Å². The lowest BCUT2D eigenvalue weighted by Gasteiger charge is -2.43. The Kier molecular flexibility index (Phi) is 4.70. The van der Waals surface area contributed by atoms with Crippen molar-refractivity contribution in [3.05, 3.63) is 0 Å². The molecule has 0 amide bonds. The lowest BCUT2D eigenvalue weighted by atomic mass is 9.78. The molecular formula is C10H22N2O. The van der Waals surface area contributed by atoms with E-state index in [-0.39, 0.29) is 0 Å². The van der Waals surface area contributed by atoms with E-state index >= 15 is 0 Å². The topological polar surface area (TPSA) is 38.5 Å². The zero-order valence-electron chi connectivity index (χ0n) is 8.83. The molecule has 0 bridgehead atoms. The molecule has 0 aliphatic heterocycles. The summed E-state index contributed by atoms with van der Waals surface area (Å²) >= 11 is 0. The van der Waals surface area contributed by atoms with Gasteiger partial charge in [-0.15, -0.1) is 0 Å². The number of methoxy groups -OCH3 is 1. The molecule has 2 atom stereocenters. The fourth-order valence-corrected chi connectivity index (χ4v) is 2.07. The first kappa shape index (κ1) is 11.0. The van der Waals surface area contributed by atoms with Crippen LogP contribution in [0.15, 0.2) is 0 Å². The van der Waals surface area contributed by atoms with Gasteiger partial charge in [0.25, 0.3) is 0 Å². The fraction of sp³-hybridized carbons (Fsp3) is 1.00. The van der Waals surface area contributed by atoms with Crippen LogP contribution in [0, 0.1) is 5.92 Å².